The van der Waals surface area contributed by atoms with Crippen LogP contribution in [0.4, 0.5) is 4.79 Å². The average molecular weight is 281 g/mol. The molecule has 2 heterocycles. The molecule has 2 aliphatic rings. The number of carbonyl (C=O) groups is 1. The van der Waals surface area contributed by atoms with Crippen LogP contribution < -0.4 is 5.32 Å². The van der Waals surface area contributed by atoms with Crippen LogP contribution in [0.1, 0.15) is 25.3 Å². The fraction of sp³-hybridized carbons (Fsp3) is 0.533. The molecule has 2 saturated heterocycles. The van der Waals surface area contributed by atoms with Gasteiger partial charge in [-0.25, -0.2) is 4.79 Å². The number of carbonyl (C=O) groups excluding carboxylic acids is 1. The van der Waals surface area contributed by atoms with Gasteiger partial charge < -0.3 is 19.9 Å². The van der Waals surface area contributed by atoms with Gasteiger partial charge in [0.05, 0.1) is 33.0 Å². The highest BCUT2D eigenvalue weighted by Gasteiger charge is 2.45. The van der Waals surface area contributed by atoms with E-state index < -0.39 is 22.4 Å². The van der Waals surface area contributed by atoms with Gasteiger partial charge in [-0.05, 0) is 5.56 Å². The molecule has 0 saturated carbocycles. The van der Waals surface area contributed by atoms with E-state index in [4.69, 9.17) is 11.6 Å². The van der Waals surface area contributed by atoms with E-state index in [1.165, 1.54) is 0 Å². The molecule has 1 aromatic rings. The number of amides is 1. The number of piperidine rings is 1. The molecule has 0 atom stereocenters. The van der Waals surface area contributed by atoms with Gasteiger partial charge in [-0.1, -0.05) is 30.2 Å². The molecule has 0 radical (unpaired) electrons. The van der Waals surface area contributed by atoms with Crippen LogP contribution in [0.25, 0.3) is 0 Å². The van der Waals surface area contributed by atoms with Crippen molar-refractivity contribution in [2.45, 2.75) is 24.9 Å². The Morgan fingerprint density at radius 2 is 2.05 bits per heavy atom. The van der Waals surface area contributed by atoms with Crippen molar-refractivity contribution in [2.24, 2.45) is 0 Å². The lowest BCUT2D eigenvalue weighted by molar-refractivity contribution is -0.887. The van der Waals surface area contributed by atoms with Crippen molar-refractivity contribution in [3.8, 4) is 0 Å². The molecule has 0 aromatic heterocycles. The SMILES string of the molecule is [2H]c1c([2H])c([2H])c(CC[N+]2([O-])CCC3(CC2)CNC(=O)O3)c([2H])c1[2H]. The lowest BCUT2D eigenvalue weighted by Gasteiger charge is -2.49. The van der Waals surface area contributed by atoms with E-state index in [1.807, 2.05) is 0 Å². The van der Waals surface area contributed by atoms with Crippen molar-refractivity contribution >= 4 is 6.09 Å². The summed E-state index contributed by atoms with van der Waals surface area (Å²) in [5.74, 6) is 0. The molecule has 5 nitrogen and oxygen atoms in total. The molecule has 0 aliphatic carbocycles. The van der Waals surface area contributed by atoms with Crippen LogP contribution in [0.5, 0.6) is 0 Å². The number of hydrogen-bond donors (Lipinski definition) is 1. The van der Waals surface area contributed by atoms with E-state index in [0.717, 1.165) is 0 Å². The predicted octanol–water partition coefficient (Wildman–Crippen LogP) is 1.82. The number of hydroxylamine groups is 3. The van der Waals surface area contributed by atoms with Gasteiger partial charge in [0.2, 0.25) is 0 Å². The number of likely N-dealkylation sites (tertiary alicyclic amines) is 1. The molecule has 5 heteroatoms. The Bertz CT molecular complexity index is 691. The molecule has 2 fully saturated rings. The zero-order chi connectivity index (χ0) is 18.4. The summed E-state index contributed by atoms with van der Waals surface area (Å²) in [6.45, 7) is 1.08. The van der Waals surface area contributed by atoms with Gasteiger partial charge in [0.1, 0.15) is 5.60 Å². The van der Waals surface area contributed by atoms with Crippen molar-refractivity contribution < 1.29 is 21.0 Å². The molecule has 1 aromatic carbocycles. The molecule has 1 N–H and O–H groups in total. The van der Waals surface area contributed by atoms with Crippen LogP contribution >= 0.6 is 0 Å². The molecular weight excluding hydrogens is 256 g/mol. The average Bonchev–Trinajstić information content (AvgIpc) is 2.95. The summed E-state index contributed by atoms with van der Waals surface area (Å²) in [4.78, 5) is 11.2. The molecule has 0 bridgehead atoms. The third-order valence-corrected chi connectivity index (χ3v) is 4.14. The normalized spacial score (nSPS) is 36.5. The second kappa shape index (κ2) is 5.07. The number of nitrogens with zero attached hydrogens (tertiary/aromatic N) is 1. The first-order valence-electron chi connectivity index (χ1n) is 9.26. The van der Waals surface area contributed by atoms with E-state index in [-0.39, 0.29) is 55.8 Å². The summed E-state index contributed by atoms with van der Waals surface area (Å²) in [5, 5.41) is 15.5. The molecule has 20 heavy (non-hydrogen) atoms. The van der Waals surface area contributed by atoms with Gasteiger partial charge >= 0.3 is 6.09 Å². The zero-order valence-electron chi connectivity index (χ0n) is 16.1. The van der Waals surface area contributed by atoms with E-state index in [2.05, 4.69) is 5.32 Å². The van der Waals surface area contributed by atoms with Crippen molar-refractivity contribution in [1.29, 1.82) is 0 Å². The van der Waals surface area contributed by atoms with E-state index in [0.29, 0.717) is 19.4 Å². The lowest BCUT2D eigenvalue weighted by Crippen LogP contribution is -2.55. The van der Waals surface area contributed by atoms with Crippen molar-refractivity contribution in [1.82, 2.24) is 5.32 Å². The van der Waals surface area contributed by atoms with Gasteiger partial charge in [-0.15, -0.1) is 0 Å². The summed E-state index contributed by atoms with van der Waals surface area (Å²) in [5.41, 5.74) is -0.423. The molecule has 3 rings (SSSR count). The Balaban J connectivity index is 1.69. The molecule has 1 amide bonds. The summed E-state index contributed by atoms with van der Waals surface area (Å²) >= 11 is 0. The highest BCUT2D eigenvalue weighted by molar-refractivity contribution is 5.70. The Hall–Kier alpha value is -1.59. The predicted molar refractivity (Wildman–Crippen MR) is 74.8 cm³/mol. The molecular formula is C15H20N2O3. The van der Waals surface area contributed by atoms with Crippen LogP contribution in [0, 0.1) is 5.21 Å². The molecule has 108 valence electrons. The lowest BCUT2D eigenvalue weighted by atomic mass is 9.91. The third-order valence-electron chi connectivity index (χ3n) is 4.14. The first kappa shape index (κ1) is 8.64. The van der Waals surface area contributed by atoms with Gasteiger partial charge in [0.15, 0.2) is 0 Å². The maximum Gasteiger partial charge on any atom is 0.407 e. The van der Waals surface area contributed by atoms with Crippen molar-refractivity contribution in [3.05, 3.63) is 41.0 Å². The number of ether oxygens (including phenoxy) is 1. The smallest absolute Gasteiger partial charge is 0.407 e. The van der Waals surface area contributed by atoms with Gasteiger partial charge in [-0.3, -0.25) is 0 Å². The van der Waals surface area contributed by atoms with Crippen molar-refractivity contribution in [3.63, 3.8) is 0 Å². The van der Waals surface area contributed by atoms with Crippen LogP contribution in [-0.2, 0) is 11.2 Å². The number of alkyl carbamates (subject to hydrolysis) is 1. The first-order chi connectivity index (χ1) is 11.7. The summed E-state index contributed by atoms with van der Waals surface area (Å²) in [7, 11) is 0. The molecule has 1 spiro atoms. The maximum atomic E-state index is 12.9. The standard InChI is InChI=1S/C15H20N2O3/c18-14-16-12-15(20-14)7-10-17(19,11-8-15)9-6-13-4-2-1-3-5-13/h1-5H,6-12H2,(H,16,18)/i1D,2D,3D,4D,5D. The molecule has 0 unspecified atom stereocenters. The highest BCUT2D eigenvalue weighted by atomic mass is 16.6. The highest BCUT2D eigenvalue weighted by Crippen LogP contribution is 2.32. The Morgan fingerprint density at radius 1 is 1.35 bits per heavy atom. The van der Waals surface area contributed by atoms with Crippen molar-refractivity contribution in [2.75, 3.05) is 26.2 Å². The topological polar surface area (TPSA) is 61.4 Å². The Morgan fingerprint density at radius 3 is 2.65 bits per heavy atom. The van der Waals surface area contributed by atoms with Crippen LogP contribution in [0.15, 0.2) is 30.2 Å². The van der Waals surface area contributed by atoms with Crippen LogP contribution in [-0.4, -0.2) is 42.5 Å². The zero-order valence-corrected chi connectivity index (χ0v) is 11.1. The van der Waals surface area contributed by atoms with E-state index in [9.17, 15) is 10.0 Å². The Kier molecular flexibility index (Phi) is 2.19. The monoisotopic (exact) mass is 281 g/mol. The third kappa shape index (κ3) is 2.78. The fourth-order valence-corrected chi connectivity index (χ4v) is 2.77. The summed E-state index contributed by atoms with van der Waals surface area (Å²) < 4.78 is 43.6. The minimum atomic E-state index is -0.597. The first-order valence-corrected chi connectivity index (χ1v) is 6.76. The van der Waals surface area contributed by atoms with Gasteiger partial charge in [-0.2, -0.15) is 0 Å². The minimum absolute atomic E-state index is 0.115. The van der Waals surface area contributed by atoms with E-state index >= 15 is 0 Å². The van der Waals surface area contributed by atoms with Crippen LogP contribution in [0.2, 0.25) is 0 Å². The fourth-order valence-electron chi connectivity index (χ4n) is 2.77. The largest absolute Gasteiger partial charge is 0.633 e. The van der Waals surface area contributed by atoms with Gasteiger partial charge in [0.25, 0.3) is 0 Å². The number of rotatable bonds is 3. The van der Waals surface area contributed by atoms with Gasteiger partial charge in [0, 0.05) is 19.3 Å². The summed E-state index contributed by atoms with van der Waals surface area (Å²) in [6.07, 6.45) is 0.570. The Labute approximate surface area is 125 Å². The second-order valence-electron chi connectivity index (χ2n) is 5.51. The quantitative estimate of drug-likeness (QED) is 0.679. The number of nitrogens with one attached hydrogen (secondary N) is 1. The minimum Gasteiger partial charge on any atom is -0.633 e. The number of quaternary nitrogens is 1. The summed E-state index contributed by atoms with van der Waals surface area (Å²) in [6, 6.07) is -1.69. The number of benzene rings is 1. The maximum absolute atomic E-state index is 12.9. The van der Waals surface area contributed by atoms with E-state index in [1.54, 1.807) is 0 Å². The van der Waals surface area contributed by atoms with Crippen LogP contribution in [0.3, 0.4) is 0 Å². The second-order valence-corrected chi connectivity index (χ2v) is 5.51. The number of hydrogen-bond acceptors (Lipinski definition) is 3. The molecule has 2 aliphatic heterocycles.